The van der Waals surface area contributed by atoms with Gasteiger partial charge in [0.05, 0.1) is 11.6 Å². The molecule has 1 saturated heterocycles. The lowest BCUT2D eigenvalue weighted by molar-refractivity contribution is 0.638. The molecule has 1 aliphatic rings. The summed E-state index contributed by atoms with van der Waals surface area (Å²) in [6, 6.07) is 14.6. The first kappa shape index (κ1) is 14.3. The van der Waals surface area contributed by atoms with Crippen molar-refractivity contribution in [2.75, 3.05) is 23.7 Å². The maximum atomic E-state index is 9.28. The number of rotatable bonds is 1. The van der Waals surface area contributed by atoms with Crippen molar-refractivity contribution >= 4 is 28.2 Å². The molecule has 2 nitrogen and oxygen atoms in total. The van der Waals surface area contributed by atoms with Gasteiger partial charge in [-0.25, -0.2) is 0 Å². The molecular formula is C18H20N2S. The van der Waals surface area contributed by atoms with E-state index in [1.165, 1.54) is 17.5 Å². The van der Waals surface area contributed by atoms with Gasteiger partial charge in [0, 0.05) is 40.0 Å². The van der Waals surface area contributed by atoms with E-state index in [1.807, 2.05) is 18.2 Å². The molecular weight excluding hydrogens is 276 g/mol. The summed E-state index contributed by atoms with van der Waals surface area (Å²) < 4.78 is 0.358. The minimum atomic E-state index is 0.358. The molecule has 0 unspecified atom stereocenters. The van der Waals surface area contributed by atoms with Gasteiger partial charge in [-0.15, -0.1) is 0 Å². The Morgan fingerprint density at radius 2 is 1.86 bits per heavy atom. The monoisotopic (exact) mass is 296 g/mol. The van der Waals surface area contributed by atoms with Crippen LogP contribution in [0, 0.1) is 11.3 Å². The first-order valence-electron chi connectivity index (χ1n) is 7.41. The van der Waals surface area contributed by atoms with E-state index < -0.39 is 0 Å². The number of nitriles is 1. The van der Waals surface area contributed by atoms with Crippen molar-refractivity contribution in [3.8, 4) is 6.07 Å². The number of thioether (sulfide) groups is 1. The third kappa shape index (κ3) is 2.87. The van der Waals surface area contributed by atoms with Gasteiger partial charge in [0.1, 0.15) is 0 Å². The number of hydrogen-bond acceptors (Lipinski definition) is 3. The molecule has 108 valence electrons. The van der Waals surface area contributed by atoms with Gasteiger partial charge in [0.25, 0.3) is 0 Å². The largest absolute Gasteiger partial charge is 0.370 e. The molecule has 2 aromatic rings. The molecule has 0 radical (unpaired) electrons. The molecule has 0 spiro atoms. The Morgan fingerprint density at radius 1 is 1.10 bits per heavy atom. The zero-order valence-electron chi connectivity index (χ0n) is 12.6. The van der Waals surface area contributed by atoms with Crippen LogP contribution < -0.4 is 4.90 Å². The molecule has 1 heterocycles. The Hall–Kier alpha value is -1.66. The average molecular weight is 296 g/mol. The molecule has 21 heavy (non-hydrogen) atoms. The second kappa shape index (κ2) is 5.61. The minimum Gasteiger partial charge on any atom is -0.370 e. The van der Waals surface area contributed by atoms with Crippen LogP contribution in [0.25, 0.3) is 10.8 Å². The Morgan fingerprint density at radius 3 is 2.62 bits per heavy atom. The Labute approximate surface area is 130 Å². The second-order valence-electron chi connectivity index (χ2n) is 6.13. The molecule has 0 bridgehead atoms. The Balaban J connectivity index is 2.03. The maximum absolute atomic E-state index is 9.28. The summed E-state index contributed by atoms with van der Waals surface area (Å²) in [6.07, 6.45) is 1.19. The predicted octanol–water partition coefficient (Wildman–Crippen LogP) is 4.43. The van der Waals surface area contributed by atoms with Crippen molar-refractivity contribution in [3.63, 3.8) is 0 Å². The van der Waals surface area contributed by atoms with Crippen molar-refractivity contribution in [1.82, 2.24) is 0 Å². The summed E-state index contributed by atoms with van der Waals surface area (Å²) in [5.74, 6) is 1.15. The summed E-state index contributed by atoms with van der Waals surface area (Å²) in [4.78, 5) is 2.48. The van der Waals surface area contributed by atoms with Crippen molar-refractivity contribution < 1.29 is 0 Å². The molecule has 1 aliphatic heterocycles. The molecule has 0 N–H and O–H groups in total. The van der Waals surface area contributed by atoms with E-state index in [4.69, 9.17) is 0 Å². The van der Waals surface area contributed by atoms with Crippen LogP contribution in [-0.4, -0.2) is 23.6 Å². The Kier molecular flexibility index (Phi) is 3.82. The van der Waals surface area contributed by atoms with E-state index in [0.29, 0.717) is 4.75 Å². The third-order valence-corrected chi connectivity index (χ3v) is 5.57. The maximum Gasteiger partial charge on any atom is 0.0998 e. The molecule has 3 rings (SSSR count). The number of hydrogen-bond donors (Lipinski definition) is 0. The lowest BCUT2D eigenvalue weighted by Gasteiger charge is -2.25. The minimum absolute atomic E-state index is 0.358. The fourth-order valence-electron chi connectivity index (χ4n) is 2.92. The summed E-state index contributed by atoms with van der Waals surface area (Å²) >= 11 is 2.06. The molecule has 2 aromatic carbocycles. The van der Waals surface area contributed by atoms with Crippen LogP contribution >= 0.6 is 11.8 Å². The average Bonchev–Trinajstić information content (AvgIpc) is 2.67. The molecule has 0 saturated carbocycles. The topological polar surface area (TPSA) is 27.0 Å². The zero-order valence-corrected chi connectivity index (χ0v) is 13.4. The van der Waals surface area contributed by atoms with Gasteiger partial charge >= 0.3 is 0 Å². The van der Waals surface area contributed by atoms with Gasteiger partial charge in [-0.1, -0.05) is 38.1 Å². The quantitative estimate of drug-likeness (QED) is 0.779. The zero-order chi connectivity index (χ0) is 14.9. The number of fused-ring (bicyclic) bond motifs is 1. The van der Waals surface area contributed by atoms with Gasteiger partial charge in [-0.2, -0.15) is 17.0 Å². The van der Waals surface area contributed by atoms with Crippen molar-refractivity contribution in [3.05, 3.63) is 42.0 Å². The van der Waals surface area contributed by atoms with Crippen molar-refractivity contribution in [2.24, 2.45) is 0 Å². The summed E-state index contributed by atoms with van der Waals surface area (Å²) in [5, 5.41) is 11.5. The lowest BCUT2D eigenvalue weighted by Crippen LogP contribution is -2.27. The number of benzene rings is 2. The van der Waals surface area contributed by atoms with E-state index >= 15 is 0 Å². The standard InChI is InChI=1S/C18H20N2S/c1-18(2)9-10-20(11-12-21-18)17-8-7-14(13-19)15-5-3-4-6-16(15)17/h3-8H,9-12H2,1-2H3. The normalized spacial score (nSPS) is 18.2. The van der Waals surface area contributed by atoms with Gasteiger partial charge in [-0.05, 0) is 18.6 Å². The summed E-state index contributed by atoms with van der Waals surface area (Å²) in [6.45, 7) is 6.82. The van der Waals surface area contributed by atoms with E-state index in [9.17, 15) is 5.26 Å². The van der Waals surface area contributed by atoms with Crippen LogP contribution in [0.4, 0.5) is 5.69 Å². The fourth-order valence-corrected chi connectivity index (χ4v) is 4.02. The Bertz CT molecular complexity index is 700. The predicted molar refractivity (Wildman–Crippen MR) is 92.0 cm³/mol. The van der Waals surface area contributed by atoms with E-state index in [2.05, 4.69) is 54.8 Å². The highest BCUT2D eigenvalue weighted by molar-refractivity contribution is 8.00. The van der Waals surface area contributed by atoms with Crippen molar-refractivity contribution in [2.45, 2.75) is 25.0 Å². The highest BCUT2D eigenvalue weighted by Crippen LogP contribution is 2.35. The smallest absolute Gasteiger partial charge is 0.0998 e. The SMILES string of the molecule is CC1(C)CCN(c2ccc(C#N)c3ccccc23)CCS1. The number of nitrogens with zero attached hydrogens (tertiary/aromatic N) is 2. The highest BCUT2D eigenvalue weighted by atomic mass is 32.2. The molecule has 0 aromatic heterocycles. The number of anilines is 1. The van der Waals surface area contributed by atoms with Gasteiger partial charge in [0.2, 0.25) is 0 Å². The van der Waals surface area contributed by atoms with E-state index in [-0.39, 0.29) is 0 Å². The van der Waals surface area contributed by atoms with Crippen LogP contribution in [-0.2, 0) is 0 Å². The summed E-state index contributed by atoms with van der Waals surface area (Å²) in [5.41, 5.74) is 2.03. The first-order valence-corrected chi connectivity index (χ1v) is 8.40. The van der Waals surface area contributed by atoms with Crippen LogP contribution in [0.1, 0.15) is 25.8 Å². The molecule has 0 atom stereocenters. The molecule has 0 amide bonds. The van der Waals surface area contributed by atoms with Gasteiger partial charge in [-0.3, -0.25) is 0 Å². The molecule has 0 aliphatic carbocycles. The van der Waals surface area contributed by atoms with Crippen LogP contribution in [0.2, 0.25) is 0 Å². The van der Waals surface area contributed by atoms with Gasteiger partial charge in [0.15, 0.2) is 0 Å². The summed E-state index contributed by atoms with van der Waals surface area (Å²) in [7, 11) is 0. The fraction of sp³-hybridized carbons (Fsp3) is 0.389. The van der Waals surface area contributed by atoms with Crippen LogP contribution in [0.15, 0.2) is 36.4 Å². The molecule has 1 fully saturated rings. The lowest BCUT2D eigenvalue weighted by atomic mass is 10.0. The van der Waals surface area contributed by atoms with Crippen molar-refractivity contribution in [1.29, 1.82) is 5.26 Å². The van der Waals surface area contributed by atoms with E-state index in [1.54, 1.807) is 0 Å². The van der Waals surface area contributed by atoms with Crippen LogP contribution in [0.5, 0.6) is 0 Å². The van der Waals surface area contributed by atoms with Gasteiger partial charge < -0.3 is 4.90 Å². The third-order valence-electron chi connectivity index (χ3n) is 4.20. The molecule has 3 heteroatoms. The first-order chi connectivity index (χ1) is 10.1. The second-order valence-corrected chi connectivity index (χ2v) is 7.94. The highest BCUT2D eigenvalue weighted by Gasteiger charge is 2.24. The van der Waals surface area contributed by atoms with E-state index in [0.717, 1.165) is 29.8 Å². The van der Waals surface area contributed by atoms with Crippen LogP contribution in [0.3, 0.4) is 0 Å².